The molecule has 0 amide bonds. The summed E-state index contributed by atoms with van der Waals surface area (Å²) in [7, 11) is 1.72. The molecule has 1 aliphatic rings. The summed E-state index contributed by atoms with van der Waals surface area (Å²) in [4.78, 5) is 0. The molecule has 1 aliphatic heterocycles. The van der Waals surface area contributed by atoms with E-state index in [2.05, 4.69) is 42.6 Å². The first kappa shape index (κ1) is 13.4. The van der Waals surface area contributed by atoms with Gasteiger partial charge >= 0.3 is 0 Å². The van der Waals surface area contributed by atoms with E-state index in [1.54, 1.807) is 7.11 Å². The van der Waals surface area contributed by atoms with Crippen molar-refractivity contribution in [3.05, 3.63) is 42.0 Å². The lowest BCUT2D eigenvalue weighted by molar-refractivity contribution is 0.113. The van der Waals surface area contributed by atoms with Gasteiger partial charge in [-0.25, -0.2) is 0 Å². The van der Waals surface area contributed by atoms with Gasteiger partial charge in [0.2, 0.25) is 0 Å². The second-order valence-electron chi connectivity index (χ2n) is 5.32. The smallest absolute Gasteiger partial charge is 0.126 e. The molecular weight excluding hydrogens is 250 g/mol. The van der Waals surface area contributed by atoms with Crippen LogP contribution in [0.25, 0.3) is 10.8 Å². The summed E-state index contributed by atoms with van der Waals surface area (Å²) in [6.07, 6.45) is 1.40. The molecule has 0 spiro atoms. The Morgan fingerprint density at radius 2 is 2.00 bits per heavy atom. The summed E-state index contributed by atoms with van der Waals surface area (Å²) in [5, 5.41) is 6.04. The van der Waals surface area contributed by atoms with Gasteiger partial charge in [-0.3, -0.25) is 0 Å². The quantitative estimate of drug-likeness (QED) is 0.927. The zero-order chi connectivity index (χ0) is 13.9. The third kappa shape index (κ3) is 2.51. The van der Waals surface area contributed by atoms with Crippen molar-refractivity contribution in [1.29, 1.82) is 0 Å². The van der Waals surface area contributed by atoms with Crippen LogP contribution in [0.4, 0.5) is 0 Å². The molecule has 2 aromatic carbocycles. The summed E-state index contributed by atoms with van der Waals surface area (Å²) in [5.41, 5.74) is 1.31. The Hall–Kier alpha value is -1.58. The first-order chi connectivity index (χ1) is 9.79. The highest BCUT2D eigenvalue weighted by molar-refractivity contribution is 5.91. The van der Waals surface area contributed by atoms with Gasteiger partial charge in [0.1, 0.15) is 5.75 Å². The van der Waals surface area contributed by atoms with Crippen LogP contribution in [0.1, 0.15) is 18.9 Å². The molecule has 106 valence electrons. The summed E-state index contributed by atoms with van der Waals surface area (Å²) in [6.45, 7) is 3.86. The average Bonchev–Trinajstić information content (AvgIpc) is 2.90. The molecule has 0 radical (unpaired) electrons. The Balaban J connectivity index is 1.84. The van der Waals surface area contributed by atoms with Crippen LogP contribution in [-0.4, -0.2) is 25.9 Å². The molecule has 3 heteroatoms. The third-order valence-electron chi connectivity index (χ3n) is 4.13. The molecule has 1 N–H and O–H groups in total. The van der Waals surface area contributed by atoms with Crippen LogP contribution >= 0.6 is 0 Å². The maximum atomic E-state index is 5.60. The van der Waals surface area contributed by atoms with E-state index in [0.717, 1.165) is 25.3 Å². The summed E-state index contributed by atoms with van der Waals surface area (Å²) < 4.78 is 11.0. The van der Waals surface area contributed by atoms with Gasteiger partial charge in [0, 0.05) is 24.6 Å². The molecule has 3 rings (SSSR count). The van der Waals surface area contributed by atoms with Crippen molar-refractivity contribution in [3.8, 4) is 5.75 Å². The summed E-state index contributed by atoms with van der Waals surface area (Å²) >= 11 is 0. The fourth-order valence-electron chi connectivity index (χ4n) is 2.91. The predicted molar refractivity (Wildman–Crippen MR) is 81.2 cm³/mol. The standard InChI is InChI=1S/C17H21NO2/c1-12-16(9-10-20-12)18-11-13-7-8-17(19-2)15-6-4-3-5-14(13)15/h3-8,12,16,18H,9-11H2,1-2H3. The van der Waals surface area contributed by atoms with Gasteiger partial charge in [-0.1, -0.05) is 30.3 Å². The highest BCUT2D eigenvalue weighted by Gasteiger charge is 2.23. The monoisotopic (exact) mass is 271 g/mol. The van der Waals surface area contributed by atoms with E-state index in [1.807, 2.05) is 6.07 Å². The lowest BCUT2D eigenvalue weighted by Gasteiger charge is -2.17. The number of benzene rings is 2. The zero-order valence-electron chi connectivity index (χ0n) is 12.1. The van der Waals surface area contributed by atoms with E-state index in [1.165, 1.54) is 16.3 Å². The number of fused-ring (bicyclic) bond motifs is 1. The van der Waals surface area contributed by atoms with Crippen LogP contribution in [0.15, 0.2) is 36.4 Å². The molecule has 3 nitrogen and oxygen atoms in total. The molecule has 0 aromatic heterocycles. The second kappa shape index (κ2) is 5.81. The van der Waals surface area contributed by atoms with Gasteiger partial charge in [-0.05, 0) is 30.4 Å². The molecule has 2 atom stereocenters. The zero-order valence-corrected chi connectivity index (χ0v) is 12.1. The Morgan fingerprint density at radius 1 is 1.20 bits per heavy atom. The number of rotatable bonds is 4. The lowest BCUT2D eigenvalue weighted by Crippen LogP contribution is -2.34. The van der Waals surface area contributed by atoms with Gasteiger partial charge < -0.3 is 14.8 Å². The number of ether oxygens (including phenoxy) is 2. The van der Waals surface area contributed by atoms with Crippen molar-refractivity contribution >= 4 is 10.8 Å². The van der Waals surface area contributed by atoms with Crippen LogP contribution in [0.5, 0.6) is 5.75 Å². The van der Waals surface area contributed by atoms with Gasteiger partial charge in [0.05, 0.1) is 13.2 Å². The maximum Gasteiger partial charge on any atom is 0.126 e. The molecule has 20 heavy (non-hydrogen) atoms. The van der Waals surface area contributed by atoms with E-state index in [-0.39, 0.29) is 0 Å². The van der Waals surface area contributed by atoms with E-state index in [4.69, 9.17) is 9.47 Å². The second-order valence-corrected chi connectivity index (χ2v) is 5.32. The fraction of sp³-hybridized carbons (Fsp3) is 0.412. The Kier molecular flexibility index (Phi) is 3.90. The molecule has 1 heterocycles. The van der Waals surface area contributed by atoms with Gasteiger partial charge in [0.25, 0.3) is 0 Å². The fourth-order valence-corrected chi connectivity index (χ4v) is 2.91. The first-order valence-electron chi connectivity index (χ1n) is 7.19. The van der Waals surface area contributed by atoms with Crippen LogP contribution in [0.3, 0.4) is 0 Å². The van der Waals surface area contributed by atoms with Gasteiger partial charge in [0.15, 0.2) is 0 Å². The Labute approximate surface area is 119 Å². The minimum absolute atomic E-state index is 0.305. The molecule has 1 saturated heterocycles. The van der Waals surface area contributed by atoms with Crippen molar-refractivity contribution in [1.82, 2.24) is 5.32 Å². The van der Waals surface area contributed by atoms with Crippen molar-refractivity contribution in [2.24, 2.45) is 0 Å². The van der Waals surface area contributed by atoms with E-state index in [0.29, 0.717) is 12.1 Å². The molecule has 0 aliphatic carbocycles. The SMILES string of the molecule is COc1ccc(CNC2CCOC2C)c2ccccc12. The summed E-state index contributed by atoms with van der Waals surface area (Å²) in [6, 6.07) is 13.0. The molecule has 0 bridgehead atoms. The van der Waals surface area contributed by atoms with Gasteiger partial charge in [-0.15, -0.1) is 0 Å². The number of hydrogen-bond donors (Lipinski definition) is 1. The number of hydrogen-bond acceptors (Lipinski definition) is 3. The van der Waals surface area contributed by atoms with Crippen molar-refractivity contribution in [3.63, 3.8) is 0 Å². The largest absolute Gasteiger partial charge is 0.496 e. The third-order valence-corrected chi connectivity index (χ3v) is 4.13. The van der Waals surface area contributed by atoms with E-state index < -0.39 is 0 Å². The molecule has 1 fully saturated rings. The predicted octanol–water partition coefficient (Wildman–Crippen LogP) is 3.12. The number of nitrogens with one attached hydrogen (secondary N) is 1. The highest BCUT2D eigenvalue weighted by atomic mass is 16.5. The minimum atomic E-state index is 0.305. The molecule has 2 aromatic rings. The normalized spacial score (nSPS) is 22.3. The molecule has 2 unspecified atom stereocenters. The van der Waals surface area contributed by atoms with Crippen LogP contribution in [0, 0.1) is 0 Å². The lowest BCUT2D eigenvalue weighted by atomic mass is 10.0. The van der Waals surface area contributed by atoms with Gasteiger partial charge in [-0.2, -0.15) is 0 Å². The number of methoxy groups -OCH3 is 1. The average molecular weight is 271 g/mol. The van der Waals surface area contributed by atoms with Crippen LogP contribution in [-0.2, 0) is 11.3 Å². The van der Waals surface area contributed by atoms with E-state index >= 15 is 0 Å². The van der Waals surface area contributed by atoms with Crippen LogP contribution < -0.4 is 10.1 Å². The maximum absolute atomic E-state index is 5.60. The van der Waals surface area contributed by atoms with E-state index in [9.17, 15) is 0 Å². The topological polar surface area (TPSA) is 30.5 Å². The van der Waals surface area contributed by atoms with Crippen molar-refractivity contribution in [2.75, 3.05) is 13.7 Å². The van der Waals surface area contributed by atoms with Crippen molar-refractivity contribution < 1.29 is 9.47 Å². The Bertz CT molecular complexity index is 597. The molecule has 0 saturated carbocycles. The van der Waals surface area contributed by atoms with Crippen molar-refractivity contribution in [2.45, 2.75) is 32.0 Å². The molecular formula is C17H21NO2. The van der Waals surface area contributed by atoms with Crippen LogP contribution in [0.2, 0.25) is 0 Å². The highest BCUT2D eigenvalue weighted by Crippen LogP contribution is 2.28. The summed E-state index contributed by atoms with van der Waals surface area (Å²) in [5.74, 6) is 0.932. The first-order valence-corrected chi connectivity index (χ1v) is 7.19. The minimum Gasteiger partial charge on any atom is -0.496 e. The Morgan fingerprint density at radius 3 is 2.70 bits per heavy atom.